The number of imidazole rings is 1. The molecule has 0 bridgehead atoms. The van der Waals surface area contributed by atoms with Gasteiger partial charge in [0.15, 0.2) is 0 Å². The fourth-order valence-corrected chi connectivity index (χ4v) is 2.96. The van der Waals surface area contributed by atoms with E-state index in [0.717, 1.165) is 11.0 Å². The highest BCUT2D eigenvalue weighted by molar-refractivity contribution is 6.32. The van der Waals surface area contributed by atoms with Gasteiger partial charge in [0.25, 0.3) is 5.91 Å². The number of carbonyl (C=O) groups excluding carboxylic acids is 1. The highest BCUT2D eigenvalue weighted by Gasteiger charge is 2.29. The van der Waals surface area contributed by atoms with Crippen LogP contribution in [0.3, 0.4) is 0 Å². The molecule has 0 saturated carbocycles. The van der Waals surface area contributed by atoms with E-state index >= 15 is 0 Å². The summed E-state index contributed by atoms with van der Waals surface area (Å²) < 4.78 is 2.04. The minimum absolute atomic E-state index is 0.0353. The summed E-state index contributed by atoms with van der Waals surface area (Å²) in [6, 6.07) is 12.3. The summed E-state index contributed by atoms with van der Waals surface area (Å²) in [6.45, 7) is 1.29. The van der Waals surface area contributed by atoms with E-state index in [0.29, 0.717) is 24.6 Å². The van der Waals surface area contributed by atoms with Gasteiger partial charge in [0.2, 0.25) is 5.95 Å². The first kappa shape index (κ1) is 13.2. The van der Waals surface area contributed by atoms with Crippen molar-refractivity contribution in [2.75, 3.05) is 11.4 Å². The number of hydrogen-bond donors (Lipinski definition) is 1. The number of phenolic OH excluding ortho intramolecular Hbond substituents is 1. The molecule has 0 unspecified atom stereocenters. The number of rotatable bonds is 1. The van der Waals surface area contributed by atoms with Gasteiger partial charge in [0.05, 0.1) is 16.1 Å². The van der Waals surface area contributed by atoms with Gasteiger partial charge in [-0.05, 0) is 30.3 Å². The monoisotopic (exact) mass is 313 g/mol. The number of benzene rings is 2. The second-order valence-electron chi connectivity index (χ2n) is 5.18. The molecule has 1 N–H and O–H groups in total. The maximum Gasteiger partial charge on any atom is 0.260 e. The van der Waals surface area contributed by atoms with E-state index in [1.165, 1.54) is 12.1 Å². The zero-order valence-corrected chi connectivity index (χ0v) is 12.3. The van der Waals surface area contributed by atoms with Crippen molar-refractivity contribution in [2.24, 2.45) is 0 Å². The molecule has 1 aliphatic rings. The maximum atomic E-state index is 12.7. The van der Waals surface area contributed by atoms with E-state index in [2.05, 4.69) is 4.98 Å². The highest BCUT2D eigenvalue weighted by Crippen LogP contribution is 2.30. The number of aromatic hydroxyl groups is 1. The van der Waals surface area contributed by atoms with Gasteiger partial charge in [-0.1, -0.05) is 23.7 Å². The van der Waals surface area contributed by atoms with Crippen LogP contribution in [0.1, 0.15) is 10.4 Å². The topological polar surface area (TPSA) is 58.4 Å². The van der Waals surface area contributed by atoms with Crippen molar-refractivity contribution in [1.82, 2.24) is 9.55 Å². The first-order valence-electron chi connectivity index (χ1n) is 6.91. The number of nitrogens with zero attached hydrogens (tertiary/aromatic N) is 3. The number of fused-ring (bicyclic) bond motifs is 3. The summed E-state index contributed by atoms with van der Waals surface area (Å²) in [7, 11) is 0. The van der Waals surface area contributed by atoms with Crippen molar-refractivity contribution < 1.29 is 9.90 Å². The molecule has 0 radical (unpaired) electrons. The number of hydrogen-bond acceptors (Lipinski definition) is 3. The average molecular weight is 314 g/mol. The Morgan fingerprint density at radius 1 is 1.18 bits per heavy atom. The lowest BCUT2D eigenvalue weighted by atomic mass is 10.2. The molecule has 6 heteroatoms. The van der Waals surface area contributed by atoms with Crippen molar-refractivity contribution in [3.8, 4) is 5.75 Å². The Hall–Kier alpha value is -2.53. The third kappa shape index (κ3) is 1.86. The predicted molar refractivity (Wildman–Crippen MR) is 84.5 cm³/mol. The lowest BCUT2D eigenvalue weighted by molar-refractivity contribution is 0.0989. The Bertz CT molecular complexity index is 904. The number of halogens is 1. The van der Waals surface area contributed by atoms with Crippen LogP contribution in [0, 0.1) is 0 Å². The molecule has 1 aromatic heterocycles. The molecule has 3 aromatic rings. The summed E-state index contributed by atoms with van der Waals surface area (Å²) in [4.78, 5) is 18.9. The SMILES string of the molecule is O=C(c1ccc(O)c(Cl)c1)N1CCn2c1nc1ccccc12. The van der Waals surface area contributed by atoms with Crippen LogP contribution in [-0.4, -0.2) is 27.1 Å². The third-order valence-corrected chi connectivity index (χ3v) is 4.17. The Kier molecular flexibility index (Phi) is 2.84. The van der Waals surface area contributed by atoms with Crippen LogP contribution in [-0.2, 0) is 6.54 Å². The van der Waals surface area contributed by atoms with E-state index in [9.17, 15) is 9.90 Å². The van der Waals surface area contributed by atoms with E-state index in [1.54, 1.807) is 11.0 Å². The fourth-order valence-electron chi connectivity index (χ4n) is 2.78. The molecule has 0 aliphatic carbocycles. The van der Waals surface area contributed by atoms with E-state index in [-0.39, 0.29) is 16.7 Å². The van der Waals surface area contributed by atoms with Crippen molar-refractivity contribution in [1.29, 1.82) is 0 Å². The molecular weight excluding hydrogens is 302 g/mol. The summed E-state index contributed by atoms with van der Waals surface area (Å²) in [5.41, 5.74) is 2.33. The fraction of sp³-hybridized carbons (Fsp3) is 0.125. The standard InChI is InChI=1S/C16H12ClN3O2/c17-11-9-10(5-6-14(11)21)15(22)20-8-7-19-13-4-2-1-3-12(13)18-16(19)20/h1-6,9,21H,7-8H2. The molecule has 22 heavy (non-hydrogen) atoms. The largest absolute Gasteiger partial charge is 0.506 e. The zero-order chi connectivity index (χ0) is 15.3. The van der Waals surface area contributed by atoms with E-state index in [1.807, 2.05) is 28.8 Å². The Morgan fingerprint density at radius 2 is 2.00 bits per heavy atom. The minimum atomic E-state index is -0.170. The lowest BCUT2D eigenvalue weighted by Gasteiger charge is -2.14. The van der Waals surface area contributed by atoms with Crippen LogP contribution >= 0.6 is 11.6 Å². The maximum absolute atomic E-state index is 12.7. The number of amides is 1. The number of carbonyl (C=O) groups is 1. The molecule has 0 spiro atoms. The van der Waals surface area contributed by atoms with Crippen LogP contribution in [0.25, 0.3) is 11.0 Å². The first-order valence-corrected chi connectivity index (χ1v) is 7.28. The van der Waals surface area contributed by atoms with Gasteiger partial charge in [-0.25, -0.2) is 4.98 Å². The smallest absolute Gasteiger partial charge is 0.260 e. The Balaban J connectivity index is 1.76. The molecule has 0 saturated heterocycles. The number of anilines is 1. The summed E-state index contributed by atoms with van der Waals surface area (Å²) in [5, 5.41) is 9.64. The predicted octanol–water partition coefficient (Wildman–Crippen LogP) is 3.06. The average Bonchev–Trinajstić information content (AvgIpc) is 3.08. The van der Waals surface area contributed by atoms with Crippen molar-refractivity contribution in [3.63, 3.8) is 0 Å². The number of para-hydroxylation sites is 2. The molecule has 1 aliphatic heterocycles. The highest BCUT2D eigenvalue weighted by atomic mass is 35.5. The molecular formula is C16H12ClN3O2. The van der Waals surface area contributed by atoms with Crippen LogP contribution in [0.2, 0.25) is 5.02 Å². The molecule has 110 valence electrons. The van der Waals surface area contributed by atoms with Crippen LogP contribution in [0.5, 0.6) is 5.75 Å². The molecule has 5 nitrogen and oxygen atoms in total. The van der Waals surface area contributed by atoms with Gasteiger partial charge < -0.3 is 9.67 Å². The summed E-state index contributed by atoms with van der Waals surface area (Å²) in [6.07, 6.45) is 0. The van der Waals surface area contributed by atoms with E-state index < -0.39 is 0 Å². The van der Waals surface area contributed by atoms with Crippen LogP contribution in [0.15, 0.2) is 42.5 Å². The van der Waals surface area contributed by atoms with Crippen LogP contribution in [0.4, 0.5) is 5.95 Å². The van der Waals surface area contributed by atoms with Crippen molar-refractivity contribution in [2.45, 2.75) is 6.54 Å². The van der Waals surface area contributed by atoms with Gasteiger partial charge in [-0.2, -0.15) is 0 Å². The van der Waals surface area contributed by atoms with Crippen molar-refractivity contribution in [3.05, 3.63) is 53.1 Å². The molecule has 4 rings (SSSR count). The van der Waals surface area contributed by atoms with Gasteiger partial charge in [0, 0.05) is 18.7 Å². The molecule has 0 atom stereocenters. The summed E-state index contributed by atoms with van der Waals surface area (Å²) in [5.74, 6) is 0.443. The van der Waals surface area contributed by atoms with E-state index in [4.69, 9.17) is 11.6 Å². The zero-order valence-electron chi connectivity index (χ0n) is 11.5. The number of phenols is 1. The van der Waals surface area contributed by atoms with Crippen LogP contribution < -0.4 is 4.90 Å². The minimum Gasteiger partial charge on any atom is -0.506 e. The Morgan fingerprint density at radius 3 is 2.82 bits per heavy atom. The Labute approximate surface area is 131 Å². The number of aromatic nitrogens is 2. The van der Waals surface area contributed by atoms with Crippen molar-refractivity contribution >= 4 is 34.5 Å². The molecule has 2 aromatic carbocycles. The quantitative estimate of drug-likeness (QED) is 0.751. The van der Waals surface area contributed by atoms with Gasteiger partial charge in [-0.3, -0.25) is 9.69 Å². The second-order valence-corrected chi connectivity index (χ2v) is 5.58. The third-order valence-electron chi connectivity index (χ3n) is 3.86. The molecule has 0 fully saturated rings. The molecule has 2 heterocycles. The second kappa shape index (κ2) is 4.74. The lowest BCUT2D eigenvalue weighted by Crippen LogP contribution is -2.29. The van der Waals surface area contributed by atoms with Gasteiger partial charge >= 0.3 is 0 Å². The van der Waals surface area contributed by atoms with Gasteiger partial charge in [0.1, 0.15) is 5.75 Å². The normalized spacial score (nSPS) is 13.6. The van der Waals surface area contributed by atoms with Gasteiger partial charge in [-0.15, -0.1) is 0 Å². The molecule has 1 amide bonds. The first-order chi connectivity index (χ1) is 10.6. The summed E-state index contributed by atoms with van der Waals surface area (Å²) >= 11 is 5.89.